The van der Waals surface area contributed by atoms with Gasteiger partial charge >= 0.3 is 0 Å². The van der Waals surface area contributed by atoms with Gasteiger partial charge < -0.3 is 10.5 Å². The Kier molecular flexibility index (Phi) is 6.53. The monoisotopic (exact) mass is 427 g/mol. The molecule has 4 aromatic rings. The zero-order valence-corrected chi connectivity index (χ0v) is 18.3. The average Bonchev–Trinajstić information content (AvgIpc) is 2.82. The summed E-state index contributed by atoms with van der Waals surface area (Å²) in [5, 5.41) is 0.672. The van der Waals surface area contributed by atoms with Gasteiger partial charge in [-0.15, -0.1) is 0 Å². The molecule has 3 heteroatoms. The Morgan fingerprint density at radius 3 is 1.94 bits per heavy atom. The highest BCUT2D eigenvalue weighted by molar-refractivity contribution is 6.31. The third-order valence-electron chi connectivity index (χ3n) is 5.61. The Balaban J connectivity index is 1.88. The van der Waals surface area contributed by atoms with E-state index in [2.05, 4.69) is 55.5 Å². The van der Waals surface area contributed by atoms with Crippen LogP contribution in [0, 0.1) is 6.92 Å². The number of benzene rings is 4. The predicted octanol–water partition coefficient (Wildman–Crippen LogP) is 6.62. The highest BCUT2D eigenvalue weighted by Crippen LogP contribution is 2.44. The fraction of sp³-hybridized carbons (Fsp3) is 0.143. The van der Waals surface area contributed by atoms with E-state index in [1.54, 1.807) is 0 Å². The maximum Gasteiger partial charge on any atom is 0.145 e. The molecular formula is C28H26ClNO. The highest BCUT2D eigenvalue weighted by Gasteiger charge is 2.39. The minimum absolute atomic E-state index is 0.429. The molecule has 1 unspecified atom stereocenters. The molecular weight excluding hydrogens is 402 g/mol. The Bertz CT molecular complexity index is 1120. The minimum Gasteiger partial charge on any atom is -0.356 e. The standard InChI is InChI=1S/C28H26ClNO/c1-21-11-17-25(18-12-21)28(24-7-3-2-4-8-24,26-9-5-6-10-27(26)29)31-20-23-15-13-22(19-30)14-16-23/h2-18H,19-20,30H2,1H3. The van der Waals surface area contributed by atoms with E-state index in [4.69, 9.17) is 22.1 Å². The van der Waals surface area contributed by atoms with E-state index in [0.717, 1.165) is 27.8 Å². The van der Waals surface area contributed by atoms with Crippen molar-refractivity contribution in [1.29, 1.82) is 0 Å². The van der Waals surface area contributed by atoms with Crippen LogP contribution in [0.2, 0.25) is 5.02 Å². The van der Waals surface area contributed by atoms with Crippen molar-refractivity contribution >= 4 is 11.6 Å². The molecule has 0 aromatic heterocycles. The molecule has 0 amide bonds. The van der Waals surface area contributed by atoms with Crippen LogP contribution in [-0.2, 0) is 23.5 Å². The van der Waals surface area contributed by atoms with Crippen LogP contribution in [0.1, 0.15) is 33.4 Å². The first-order valence-electron chi connectivity index (χ1n) is 10.4. The highest BCUT2D eigenvalue weighted by atomic mass is 35.5. The Morgan fingerprint density at radius 1 is 0.710 bits per heavy atom. The SMILES string of the molecule is Cc1ccc(C(OCc2ccc(CN)cc2)(c2ccccc2)c2ccccc2Cl)cc1. The number of aryl methyl sites for hydroxylation is 1. The average molecular weight is 428 g/mol. The molecule has 0 spiro atoms. The lowest BCUT2D eigenvalue weighted by molar-refractivity contribution is 0.000303. The minimum atomic E-state index is -0.847. The molecule has 0 aliphatic heterocycles. The van der Waals surface area contributed by atoms with Gasteiger partial charge in [-0.3, -0.25) is 0 Å². The zero-order chi connectivity index (χ0) is 21.7. The van der Waals surface area contributed by atoms with E-state index in [9.17, 15) is 0 Å². The van der Waals surface area contributed by atoms with Crippen molar-refractivity contribution in [2.24, 2.45) is 5.73 Å². The van der Waals surface area contributed by atoms with Crippen LogP contribution < -0.4 is 5.73 Å². The van der Waals surface area contributed by atoms with E-state index < -0.39 is 5.60 Å². The second-order valence-corrected chi connectivity index (χ2v) is 8.11. The van der Waals surface area contributed by atoms with Crippen molar-refractivity contribution in [2.75, 3.05) is 0 Å². The summed E-state index contributed by atoms with van der Waals surface area (Å²) in [6.45, 7) is 3.04. The van der Waals surface area contributed by atoms with Crippen LogP contribution in [0.5, 0.6) is 0 Å². The summed E-state index contributed by atoms with van der Waals surface area (Å²) in [5.41, 5.74) is 11.3. The quantitative estimate of drug-likeness (QED) is 0.336. The second kappa shape index (κ2) is 9.49. The van der Waals surface area contributed by atoms with E-state index in [1.165, 1.54) is 5.56 Å². The molecule has 0 aliphatic rings. The lowest BCUT2D eigenvalue weighted by Gasteiger charge is -2.36. The number of rotatable bonds is 7. The molecule has 0 bridgehead atoms. The molecule has 0 aliphatic carbocycles. The molecule has 0 saturated carbocycles. The van der Waals surface area contributed by atoms with Gasteiger partial charge in [0.25, 0.3) is 0 Å². The number of nitrogens with two attached hydrogens (primary N) is 1. The van der Waals surface area contributed by atoms with Gasteiger partial charge in [0.05, 0.1) is 6.61 Å². The summed E-state index contributed by atoms with van der Waals surface area (Å²) in [6.07, 6.45) is 0. The van der Waals surface area contributed by atoms with Crippen molar-refractivity contribution in [3.8, 4) is 0 Å². The van der Waals surface area contributed by atoms with Crippen molar-refractivity contribution in [1.82, 2.24) is 0 Å². The van der Waals surface area contributed by atoms with E-state index >= 15 is 0 Å². The van der Waals surface area contributed by atoms with Crippen LogP contribution in [0.4, 0.5) is 0 Å². The summed E-state index contributed by atoms with van der Waals surface area (Å²) < 4.78 is 6.85. The molecule has 0 radical (unpaired) electrons. The molecule has 4 aromatic carbocycles. The first-order valence-corrected chi connectivity index (χ1v) is 10.8. The largest absolute Gasteiger partial charge is 0.356 e. The summed E-state index contributed by atoms with van der Waals surface area (Å²) in [4.78, 5) is 0. The van der Waals surface area contributed by atoms with Crippen molar-refractivity contribution in [3.63, 3.8) is 0 Å². The maximum atomic E-state index is 6.85. The molecule has 0 saturated heterocycles. The fourth-order valence-electron chi connectivity index (χ4n) is 3.89. The fourth-order valence-corrected chi connectivity index (χ4v) is 4.16. The molecule has 2 nitrogen and oxygen atoms in total. The van der Waals surface area contributed by atoms with E-state index in [0.29, 0.717) is 18.2 Å². The zero-order valence-electron chi connectivity index (χ0n) is 17.6. The number of halogens is 1. The predicted molar refractivity (Wildman–Crippen MR) is 128 cm³/mol. The van der Waals surface area contributed by atoms with Gasteiger partial charge in [-0.1, -0.05) is 114 Å². The molecule has 2 N–H and O–H groups in total. The lowest BCUT2D eigenvalue weighted by Crippen LogP contribution is -2.33. The van der Waals surface area contributed by atoms with Crippen LogP contribution in [0.15, 0.2) is 103 Å². The smallest absolute Gasteiger partial charge is 0.145 e. The molecule has 1 atom stereocenters. The van der Waals surface area contributed by atoms with Crippen LogP contribution in [0.25, 0.3) is 0 Å². The summed E-state index contributed by atoms with van der Waals surface area (Å²) in [5.74, 6) is 0. The third kappa shape index (κ3) is 4.42. The summed E-state index contributed by atoms with van der Waals surface area (Å²) in [7, 11) is 0. The van der Waals surface area contributed by atoms with Gasteiger partial charge in [-0.05, 0) is 35.2 Å². The molecule has 4 rings (SSSR count). The van der Waals surface area contributed by atoms with E-state index in [-0.39, 0.29) is 0 Å². The Labute approximate surface area is 189 Å². The number of ether oxygens (including phenoxy) is 1. The van der Waals surface area contributed by atoms with Gasteiger partial charge in [0.15, 0.2) is 0 Å². The topological polar surface area (TPSA) is 35.2 Å². The summed E-state index contributed by atoms with van der Waals surface area (Å²) in [6, 6.07) is 34.9. The molecule has 156 valence electrons. The van der Waals surface area contributed by atoms with Gasteiger partial charge in [-0.2, -0.15) is 0 Å². The number of hydrogen-bond acceptors (Lipinski definition) is 2. The normalized spacial score (nSPS) is 13.0. The van der Waals surface area contributed by atoms with Gasteiger partial charge in [0, 0.05) is 17.1 Å². The van der Waals surface area contributed by atoms with Crippen LogP contribution >= 0.6 is 11.6 Å². The second-order valence-electron chi connectivity index (χ2n) is 7.70. The third-order valence-corrected chi connectivity index (χ3v) is 5.94. The van der Waals surface area contributed by atoms with E-state index in [1.807, 2.05) is 54.6 Å². The molecule has 0 heterocycles. The maximum absolute atomic E-state index is 6.85. The first kappa shape index (κ1) is 21.3. The van der Waals surface area contributed by atoms with Crippen LogP contribution in [-0.4, -0.2) is 0 Å². The van der Waals surface area contributed by atoms with Crippen molar-refractivity contribution in [3.05, 3.63) is 142 Å². The van der Waals surface area contributed by atoms with Crippen molar-refractivity contribution < 1.29 is 4.74 Å². The van der Waals surface area contributed by atoms with Crippen molar-refractivity contribution in [2.45, 2.75) is 25.7 Å². The van der Waals surface area contributed by atoms with Gasteiger partial charge in [0.1, 0.15) is 5.60 Å². The Hall–Kier alpha value is -2.91. The first-order chi connectivity index (χ1) is 15.1. The molecule has 31 heavy (non-hydrogen) atoms. The van der Waals surface area contributed by atoms with Crippen LogP contribution in [0.3, 0.4) is 0 Å². The number of hydrogen-bond donors (Lipinski definition) is 1. The lowest BCUT2D eigenvalue weighted by atomic mass is 9.79. The van der Waals surface area contributed by atoms with Gasteiger partial charge in [-0.25, -0.2) is 0 Å². The molecule has 0 fully saturated rings. The van der Waals surface area contributed by atoms with Gasteiger partial charge in [0.2, 0.25) is 0 Å². The Morgan fingerprint density at radius 2 is 1.29 bits per heavy atom. The summed E-state index contributed by atoms with van der Waals surface area (Å²) >= 11 is 6.77.